The van der Waals surface area contributed by atoms with Crippen LogP contribution in [0.3, 0.4) is 0 Å². The van der Waals surface area contributed by atoms with Crippen LogP contribution >= 0.6 is 23.2 Å². The number of carbonyl (C=O) groups is 3. The highest BCUT2D eigenvalue weighted by atomic mass is 35.5. The zero-order valence-electron chi connectivity index (χ0n) is 20.5. The Morgan fingerprint density at radius 3 is 2.49 bits per heavy atom. The number of nitrogens with zero attached hydrogens (tertiary/aromatic N) is 1. The van der Waals surface area contributed by atoms with Gasteiger partial charge >= 0.3 is 0 Å². The molecule has 3 amide bonds. The predicted octanol–water partition coefficient (Wildman–Crippen LogP) is 3.71. The highest BCUT2D eigenvalue weighted by Crippen LogP contribution is 2.55. The van der Waals surface area contributed by atoms with Crippen LogP contribution in [0.2, 0.25) is 10.0 Å². The van der Waals surface area contributed by atoms with Crippen molar-refractivity contribution in [2.45, 2.75) is 74.8 Å². The molecule has 1 aromatic rings. The van der Waals surface area contributed by atoms with Gasteiger partial charge in [0.1, 0.15) is 11.6 Å². The first-order valence-corrected chi connectivity index (χ1v) is 14.0. The van der Waals surface area contributed by atoms with Crippen LogP contribution in [-0.4, -0.2) is 65.7 Å². The van der Waals surface area contributed by atoms with Gasteiger partial charge in [0, 0.05) is 34.9 Å². The second kappa shape index (κ2) is 9.88. The molecule has 6 atom stereocenters. The fourth-order valence-corrected chi connectivity index (χ4v) is 7.38. The van der Waals surface area contributed by atoms with Crippen LogP contribution in [0.25, 0.3) is 0 Å². The Labute approximate surface area is 226 Å². The largest absolute Gasteiger partial charge is 0.376 e. The van der Waals surface area contributed by atoms with E-state index in [9.17, 15) is 14.4 Å². The lowest BCUT2D eigenvalue weighted by atomic mass is 9.74. The first kappa shape index (κ1) is 25.2. The first-order valence-electron chi connectivity index (χ1n) is 13.2. The number of carbonyl (C=O) groups excluding carboxylic acids is 3. The van der Waals surface area contributed by atoms with E-state index in [1.807, 2.05) is 12.2 Å². The molecule has 4 heterocycles. The Kier molecular flexibility index (Phi) is 6.72. The van der Waals surface area contributed by atoms with E-state index < -0.39 is 29.6 Å². The van der Waals surface area contributed by atoms with Crippen LogP contribution in [0.5, 0.6) is 0 Å². The zero-order chi connectivity index (χ0) is 25.7. The summed E-state index contributed by atoms with van der Waals surface area (Å²) in [5.74, 6) is -2.40. The molecule has 6 rings (SSSR count). The molecule has 37 heavy (non-hydrogen) atoms. The summed E-state index contributed by atoms with van der Waals surface area (Å²) in [4.78, 5) is 43.0. The number of rotatable bonds is 6. The van der Waals surface area contributed by atoms with Gasteiger partial charge in [-0.2, -0.15) is 0 Å². The Balaban J connectivity index is 1.30. The molecular weight excluding hydrogens is 517 g/mol. The van der Waals surface area contributed by atoms with Crippen LogP contribution in [0.1, 0.15) is 44.9 Å². The summed E-state index contributed by atoms with van der Waals surface area (Å²) in [6.07, 6.45) is 9.87. The average Bonchev–Trinajstić information content (AvgIpc) is 3.62. The molecule has 0 aromatic heterocycles. The summed E-state index contributed by atoms with van der Waals surface area (Å²) < 4.78 is 12.2. The van der Waals surface area contributed by atoms with Crippen molar-refractivity contribution in [3.8, 4) is 0 Å². The van der Waals surface area contributed by atoms with Gasteiger partial charge in [-0.15, -0.1) is 0 Å². The van der Waals surface area contributed by atoms with Gasteiger partial charge in [-0.25, -0.2) is 0 Å². The van der Waals surface area contributed by atoms with Crippen molar-refractivity contribution in [1.82, 2.24) is 10.2 Å². The lowest BCUT2D eigenvalue weighted by molar-refractivity contribution is -0.143. The normalized spacial score (nSPS) is 34.7. The van der Waals surface area contributed by atoms with Gasteiger partial charge in [0.05, 0.1) is 24.0 Å². The standard InChI is InChI=1S/C27H31Cl2N3O5/c28-15-11-16(29)13-18(12-15)31-24(33)21-20-8-9-27(37-20)22(21)26(35)32(14-19-7-4-10-36-19)23(27)25(34)30-17-5-2-1-3-6-17/h8-9,11-13,17,19-23H,1-7,10,14H2,(H,30,34)(H,31,33)/t19-,20+,21-,22+,23-,27+/m1/s1. The number of anilines is 1. The molecule has 3 saturated heterocycles. The number of nitrogens with one attached hydrogen (secondary N) is 2. The highest BCUT2D eigenvalue weighted by molar-refractivity contribution is 6.35. The predicted molar refractivity (Wildman–Crippen MR) is 138 cm³/mol. The number of amides is 3. The minimum Gasteiger partial charge on any atom is -0.376 e. The van der Waals surface area contributed by atoms with E-state index in [4.69, 9.17) is 32.7 Å². The summed E-state index contributed by atoms with van der Waals surface area (Å²) in [7, 11) is 0. The SMILES string of the molecule is O=C(Nc1cc(Cl)cc(Cl)c1)[C@@H]1[C@@H]2C=C[C@]3(O2)[C@@H]1C(=O)N(C[C@H]1CCCO1)[C@@H]3C(=O)NC1CCCCC1. The molecule has 1 aromatic carbocycles. The monoisotopic (exact) mass is 547 g/mol. The highest BCUT2D eigenvalue weighted by Gasteiger charge is 2.73. The van der Waals surface area contributed by atoms with Crippen molar-refractivity contribution in [3.05, 3.63) is 40.4 Å². The van der Waals surface area contributed by atoms with E-state index in [1.54, 1.807) is 23.1 Å². The number of hydrogen-bond acceptors (Lipinski definition) is 5. The van der Waals surface area contributed by atoms with Gasteiger partial charge in [-0.3, -0.25) is 14.4 Å². The summed E-state index contributed by atoms with van der Waals surface area (Å²) >= 11 is 12.2. The molecule has 2 bridgehead atoms. The number of halogens is 2. The maximum Gasteiger partial charge on any atom is 0.246 e. The van der Waals surface area contributed by atoms with E-state index in [0.29, 0.717) is 28.9 Å². The van der Waals surface area contributed by atoms with Gasteiger partial charge in [0.15, 0.2) is 0 Å². The third-order valence-electron chi connectivity index (χ3n) is 8.43. The molecule has 1 aliphatic carbocycles. The Bertz CT molecular complexity index is 1110. The lowest BCUT2D eigenvalue weighted by Crippen LogP contribution is -2.57. The Hall–Kier alpha value is -2.13. The fourth-order valence-electron chi connectivity index (χ4n) is 6.85. The summed E-state index contributed by atoms with van der Waals surface area (Å²) in [5, 5.41) is 6.85. The molecule has 2 N–H and O–H groups in total. The van der Waals surface area contributed by atoms with Crippen molar-refractivity contribution in [3.63, 3.8) is 0 Å². The average molecular weight is 548 g/mol. The second-order valence-corrected chi connectivity index (χ2v) is 11.7. The summed E-state index contributed by atoms with van der Waals surface area (Å²) in [5.41, 5.74) is -0.746. The number of hydrogen-bond donors (Lipinski definition) is 2. The van der Waals surface area contributed by atoms with Crippen molar-refractivity contribution in [2.24, 2.45) is 11.8 Å². The molecule has 198 valence electrons. The van der Waals surface area contributed by atoms with Crippen LogP contribution in [0, 0.1) is 11.8 Å². The molecule has 1 spiro atoms. The molecule has 4 aliphatic heterocycles. The van der Waals surface area contributed by atoms with E-state index in [0.717, 1.165) is 38.5 Å². The molecule has 0 unspecified atom stereocenters. The minimum atomic E-state index is -1.19. The van der Waals surface area contributed by atoms with E-state index in [1.165, 1.54) is 6.42 Å². The van der Waals surface area contributed by atoms with E-state index in [2.05, 4.69) is 10.6 Å². The number of likely N-dealkylation sites (tertiary alicyclic amines) is 1. The maximum absolute atomic E-state index is 14.0. The molecule has 0 radical (unpaired) electrons. The van der Waals surface area contributed by atoms with Crippen LogP contribution in [-0.2, 0) is 23.9 Å². The summed E-state index contributed by atoms with van der Waals surface area (Å²) in [6.45, 7) is 0.950. The van der Waals surface area contributed by atoms with Crippen molar-refractivity contribution in [1.29, 1.82) is 0 Å². The summed E-state index contributed by atoms with van der Waals surface area (Å²) in [6, 6.07) is 4.02. The third kappa shape index (κ3) is 4.46. The third-order valence-corrected chi connectivity index (χ3v) is 8.87. The van der Waals surface area contributed by atoms with Gasteiger partial charge in [-0.1, -0.05) is 54.6 Å². The Morgan fingerprint density at radius 1 is 1.03 bits per heavy atom. The molecule has 10 heteroatoms. The van der Waals surface area contributed by atoms with Crippen LogP contribution < -0.4 is 10.6 Å². The number of benzene rings is 1. The topological polar surface area (TPSA) is 97.0 Å². The molecule has 1 saturated carbocycles. The minimum absolute atomic E-state index is 0.0886. The molecule has 5 aliphatic rings. The van der Waals surface area contributed by atoms with Gasteiger partial charge < -0.3 is 25.0 Å². The number of fused-ring (bicyclic) bond motifs is 1. The quantitative estimate of drug-likeness (QED) is 0.529. The maximum atomic E-state index is 14.0. The van der Waals surface area contributed by atoms with Gasteiger partial charge in [0.25, 0.3) is 0 Å². The van der Waals surface area contributed by atoms with Crippen molar-refractivity contribution < 1.29 is 23.9 Å². The van der Waals surface area contributed by atoms with Gasteiger partial charge in [-0.05, 0) is 43.9 Å². The zero-order valence-corrected chi connectivity index (χ0v) is 22.0. The second-order valence-electron chi connectivity index (χ2n) is 10.8. The fraction of sp³-hybridized carbons (Fsp3) is 0.593. The number of ether oxygens (including phenoxy) is 2. The van der Waals surface area contributed by atoms with Crippen molar-refractivity contribution >= 4 is 46.6 Å². The molecule has 4 fully saturated rings. The lowest BCUT2D eigenvalue weighted by Gasteiger charge is -2.34. The van der Waals surface area contributed by atoms with Crippen LogP contribution in [0.15, 0.2) is 30.4 Å². The molecular formula is C27H31Cl2N3O5. The van der Waals surface area contributed by atoms with Crippen molar-refractivity contribution in [2.75, 3.05) is 18.5 Å². The van der Waals surface area contributed by atoms with Gasteiger partial charge in [0.2, 0.25) is 17.7 Å². The Morgan fingerprint density at radius 2 is 1.78 bits per heavy atom. The molecule has 8 nitrogen and oxygen atoms in total. The van der Waals surface area contributed by atoms with Crippen LogP contribution in [0.4, 0.5) is 5.69 Å². The van der Waals surface area contributed by atoms with E-state index >= 15 is 0 Å². The smallest absolute Gasteiger partial charge is 0.246 e. The van der Waals surface area contributed by atoms with E-state index in [-0.39, 0.29) is 29.9 Å². The first-order chi connectivity index (χ1) is 17.9.